The molecule has 0 aliphatic heterocycles. The molecule has 25 heavy (non-hydrogen) atoms. The number of hydrogen-bond acceptors (Lipinski definition) is 5. The molecule has 1 N–H and O–H groups in total. The van der Waals surface area contributed by atoms with Crippen molar-refractivity contribution >= 4 is 15.7 Å². The van der Waals surface area contributed by atoms with Crippen molar-refractivity contribution in [3.8, 4) is 5.75 Å². The molecule has 0 aromatic heterocycles. The van der Waals surface area contributed by atoms with Crippen molar-refractivity contribution in [2.24, 2.45) is 5.92 Å². The molecule has 0 radical (unpaired) electrons. The van der Waals surface area contributed by atoms with Crippen molar-refractivity contribution in [1.29, 1.82) is 0 Å². The Balaban J connectivity index is 1.93. The zero-order valence-corrected chi connectivity index (χ0v) is 14.4. The minimum Gasteiger partial charge on any atom is -0.497 e. The largest absolute Gasteiger partial charge is 0.497 e. The molecule has 1 fully saturated rings. The highest BCUT2D eigenvalue weighted by atomic mass is 32.2. The number of nitrogens with one attached hydrogen (secondary N) is 1. The number of benzene rings is 2. The van der Waals surface area contributed by atoms with Gasteiger partial charge in [0.15, 0.2) is 4.90 Å². The third kappa shape index (κ3) is 3.80. The normalized spacial score (nSPS) is 15.6. The fourth-order valence-electron chi connectivity index (χ4n) is 2.74. The monoisotopic (exact) mass is 362 g/mol. The van der Waals surface area contributed by atoms with Gasteiger partial charge in [-0.05, 0) is 42.5 Å². The summed E-state index contributed by atoms with van der Waals surface area (Å²) in [7, 11) is -2.47. The molecular formula is C17H18N2O5S. The lowest BCUT2D eigenvalue weighted by Crippen LogP contribution is -2.30. The van der Waals surface area contributed by atoms with Crippen LogP contribution in [-0.4, -0.2) is 20.5 Å². The van der Waals surface area contributed by atoms with Gasteiger partial charge in [0.05, 0.1) is 12.0 Å². The van der Waals surface area contributed by atoms with E-state index in [0.717, 1.165) is 18.4 Å². The van der Waals surface area contributed by atoms with Crippen LogP contribution in [0.3, 0.4) is 0 Å². The molecule has 0 bridgehead atoms. The van der Waals surface area contributed by atoms with Gasteiger partial charge in [-0.25, -0.2) is 13.1 Å². The van der Waals surface area contributed by atoms with E-state index >= 15 is 0 Å². The molecule has 7 nitrogen and oxygen atoms in total. The van der Waals surface area contributed by atoms with Crippen molar-refractivity contribution < 1.29 is 18.1 Å². The van der Waals surface area contributed by atoms with Gasteiger partial charge in [-0.2, -0.15) is 0 Å². The number of nitrogens with zero attached hydrogens (tertiary/aromatic N) is 1. The van der Waals surface area contributed by atoms with Gasteiger partial charge < -0.3 is 4.74 Å². The zero-order valence-electron chi connectivity index (χ0n) is 13.6. The maximum atomic E-state index is 12.8. The van der Waals surface area contributed by atoms with Crippen LogP contribution < -0.4 is 9.46 Å². The highest BCUT2D eigenvalue weighted by Gasteiger charge is 2.37. The predicted octanol–water partition coefficient (Wildman–Crippen LogP) is 3.03. The maximum absolute atomic E-state index is 12.8. The lowest BCUT2D eigenvalue weighted by molar-refractivity contribution is -0.387. The third-order valence-electron chi connectivity index (χ3n) is 4.20. The quantitative estimate of drug-likeness (QED) is 0.603. The summed E-state index contributed by atoms with van der Waals surface area (Å²) >= 11 is 0. The number of ether oxygens (including phenoxy) is 1. The summed E-state index contributed by atoms with van der Waals surface area (Å²) < 4.78 is 33.3. The van der Waals surface area contributed by atoms with Crippen LogP contribution in [0.2, 0.25) is 0 Å². The fourth-order valence-corrected chi connectivity index (χ4v) is 4.21. The minimum atomic E-state index is -4.03. The average molecular weight is 362 g/mol. The van der Waals surface area contributed by atoms with Crippen LogP contribution in [0.15, 0.2) is 53.4 Å². The van der Waals surface area contributed by atoms with Gasteiger partial charge in [-0.3, -0.25) is 10.1 Å². The van der Waals surface area contributed by atoms with Gasteiger partial charge in [0.25, 0.3) is 5.69 Å². The molecule has 1 unspecified atom stereocenters. The molecule has 2 aromatic carbocycles. The summed E-state index contributed by atoms with van der Waals surface area (Å²) in [4.78, 5) is 10.1. The Morgan fingerprint density at radius 2 is 1.80 bits per heavy atom. The molecule has 2 aromatic rings. The van der Waals surface area contributed by atoms with E-state index < -0.39 is 26.7 Å². The first-order valence-electron chi connectivity index (χ1n) is 7.82. The zero-order chi connectivity index (χ0) is 18.0. The maximum Gasteiger partial charge on any atom is 0.289 e. The molecule has 0 heterocycles. The van der Waals surface area contributed by atoms with Crippen LogP contribution in [0.5, 0.6) is 5.75 Å². The minimum absolute atomic E-state index is 0.186. The molecule has 8 heteroatoms. The molecule has 132 valence electrons. The van der Waals surface area contributed by atoms with Crippen LogP contribution in [0.25, 0.3) is 0 Å². The second-order valence-electron chi connectivity index (χ2n) is 5.93. The molecule has 1 atom stereocenters. The lowest BCUT2D eigenvalue weighted by Gasteiger charge is -2.19. The van der Waals surface area contributed by atoms with Crippen molar-refractivity contribution in [3.05, 3.63) is 64.2 Å². The SMILES string of the molecule is COc1ccc(C(NS(=O)(=O)c2ccccc2[N+](=O)[O-])C2CC2)cc1. The van der Waals surface area contributed by atoms with E-state index in [1.807, 2.05) is 12.1 Å². The number of para-hydroxylation sites is 1. The smallest absolute Gasteiger partial charge is 0.289 e. The second kappa shape index (κ2) is 6.81. The van der Waals surface area contributed by atoms with Gasteiger partial charge >= 0.3 is 0 Å². The van der Waals surface area contributed by atoms with Crippen molar-refractivity contribution in [3.63, 3.8) is 0 Å². The Hall–Kier alpha value is -2.45. The Morgan fingerprint density at radius 3 is 2.36 bits per heavy atom. The topological polar surface area (TPSA) is 98.5 Å². The average Bonchev–Trinajstić information content (AvgIpc) is 3.45. The number of hydrogen-bond donors (Lipinski definition) is 1. The molecular weight excluding hydrogens is 344 g/mol. The number of rotatable bonds is 7. The van der Waals surface area contributed by atoms with Gasteiger partial charge in [-0.15, -0.1) is 0 Å². The fraction of sp³-hybridized carbons (Fsp3) is 0.294. The molecule has 0 amide bonds. The molecule has 0 spiro atoms. The van der Waals surface area contributed by atoms with E-state index in [9.17, 15) is 18.5 Å². The molecule has 0 saturated heterocycles. The van der Waals surface area contributed by atoms with E-state index in [2.05, 4.69) is 4.72 Å². The summed E-state index contributed by atoms with van der Waals surface area (Å²) in [6, 6.07) is 12.1. The Morgan fingerprint density at radius 1 is 1.16 bits per heavy atom. The Labute approximate surface area is 145 Å². The van der Waals surface area contributed by atoms with E-state index in [-0.39, 0.29) is 10.8 Å². The van der Waals surface area contributed by atoms with Crippen LogP contribution >= 0.6 is 0 Å². The van der Waals surface area contributed by atoms with Gasteiger partial charge in [0, 0.05) is 12.1 Å². The number of methoxy groups -OCH3 is 1. The van der Waals surface area contributed by atoms with Crippen LogP contribution in [0.1, 0.15) is 24.4 Å². The summed E-state index contributed by atoms with van der Waals surface area (Å²) in [5.74, 6) is 0.866. The Kier molecular flexibility index (Phi) is 4.73. The predicted molar refractivity (Wildman–Crippen MR) is 91.9 cm³/mol. The molecule has 1 aliphatic carbocycles. The first-order valence-corrected chi connectivity index (χ1v) is 9.30. The van der Waals surface area contributed by atoms with E-state index in [1.165, 1.54) is 24.3 Å². The number of sulfonamides is 1. The first-order chi connectivity index (χ1) is 11.9. The van der Waals surface area contributed by atoms with Crippen molar-refractivity contribution in [2.75, 3.05) is 7.11 Å². The van der Waals surface area contributed by atoms with Crippen LogP contribution in [-0.2, 0) is 10.0 Å². The summed E-state index contributed by atoms with van der Waals surface area (Å²) in [5, 5.41) is 11.1. The number of nitro groups is 1. The standard InChI is InChI=1S/C17H18N2O5S/c1-24-14-10-8-13(9-11-14)17(12-6-7-12)18-25(22,23)16-5-3-2-4-15(16)19(20)21/h2-5,8-12,17-18H,6-7H2,1H3. The summed E-state index contributed by atoms with van der Waals surface area (Å²) in [6.45, 7) is 0. The molecule has 1 saturated carbocycles. The summed E-state index contributed by atoms with van der Waals surface area (Å²) in [6.07, 6.45) is 1.83. The van der Waals surface area contributed by atoms with Crippen molar-refractivity contribution in [1.82, 2.24) is 4.72 Å². The van der Waals surface area contributed by atoms with Gasteiger partial charge in [-0.1, -0.05) is 24.3 Å². The second-order valence-corrected chi connectivity index (χ2v) is 7.62. The third-order valence-corrected chi connectivity index (χ3v) is 5.69. The van der Waals surface area contributed by atoms with Gasteiger partial charge in [0.1, 0.15) is 5.75 Å². The highest BCUT2D eigenvalue weighted by molar-refractivity contribution is 7.89. The molecule has 1 aliphatic rings. The summed E-state index contributed by atoms with van der Waals surface area (Å²) in [5.41, 5.74) is 0.379. The van der Waals surface area contributed by atoms with E-state index in [1.54, 1.807) is 19.2 Å². The molecule has 3 rings (SSSR count). The van der Waals surface area contributed by atoms with E-state index in [0.29, 0.717) is 5.75 Å². The first kappa shape index (κ1) is 17.4. The lowest BCUT2D eigenvalue weighted by atomic mass is 10.0. The van der Waals surface area contributed by atoms with E-state index in [4.69, 9.17) is 4.74 Å². The highest BCUT2D eigenvalue weighted by Crippen LogP contribution is 2.42. The number of nitro benzene ring substituents is 1. The van der Waals surface area contributed by atoms with Gasteiger partial charge in [0.2, 0.25) is 10.0 Å². The Bertz CT molecular complexity index is 876. The van der Waals surface area contributed by atoms with Crippen LogP contribution in [0, 0.1) is 16.0 Å². The van der Waals surface area contributed by atoms with Crippen LogP contribution in [0.4, 0.5) is 5.69 Å². The van der Waals surface area contributed by atoms with Crippen molar-refractivity contribution in [2.45, 2.75) is 23.8 Å².